The first-order chi connectivity index (χ1) is 9.32. The Morgan fingerprint density at radius 3 is 2.70 bits per heavy atom. The molecule has 1 amide bonds. The van der Waals surface area contributed by atoms with E-state index >= 15 is 0 Å². The lowest BCUT2D eigenvalue weighted by Crippen LogP contribution is -2.44. The Morgan fingerprint density at radius 1 is 1.55 bits per heavy atom. The number of carbonyl (C=O) groups excluding carboxylic acids is 1. The Hall–Kier alpha value is -1.00. The molecule has 1 unspecified atom stereocenters. The highest BCUT2D eigenvalue weighted by Gasteiger charge is 2.30. The van der Waals surface area contributed by atoms with Gasteiger partial charge in [-0.1, -0.05) is 32.4 Å². The molecular formula is C15H23ClN2O2. The highest BCUT2D eigenvalue weighted by Crippen LogP contribution is 2.37. The summed E-state index contributed by atoms with van der Waals surface area (Å²) in [6.45, 7) is 6.23. The molecule has 1 heterocycles. The Kier molecular flexibility index (Phi) is 4.45. The third-order valence-corrected chi connectivity index (χ3v) is 3.96. The van der Waals surface area contributed by atoms with E-state index in [2.05, 4.69) is 26.1 Å². The molecule has 2 N–H and O–H groups in total. The number of hydrogen-bond donors (Lipinski definition) is 2. The normalized spacial score (nSPS) is 17.1. The first-order valence-corrected chi connectivity index (χ1v) is 7.50. The van der Waals surface area contributed by atoms with Gasteiger partial charge < -0.3 is 15.0 Å². The second-order valence-corrected chi connectivity index (χ2v) is 7.02. The van der Waals surface area contributed by atoms with Crippen molar-refractivity contribution in [1.82, 2.24) is 9.88 Å². The molecule has 1 aliphatic rings. The van der Waals surface area contributed by atoms with Crippen LogP contribution < -0.4 is 5.32 Å². The molecule has 2 rings (SSSR count). The van der Waals surface area contributed by atoms with Gasteiger partial charge in [0.25, 0.3) is 5.91 Å². The number of aromatic nitrogens is 1. The summed E-state index contributed by atoms with van der Waals surface area (Å²) < 4.78 is 1.97. The van der Waals surface area contributed by atoms with Crippen molar-refractivity contribution in [2.45, 2.75) is 52.1 Å². The fourth-order valence-electron chi connectivity index (χ4n) is 2.37. The number of hydrogen-bond acceptors (Lipinski definition) is 2. The van der Waals surface area contributed by atoms with Crippen LogP contribution in [0.2, 0.25) is 5.02 Å². The summed E-state index contributed by atoms with van der Waals surface area (Å²) in [4.78, 5) is 12.5. The van der Waals surface area contributed by atoms with Gasteiger partial charge in [0.15, 0.2) is 0 Å². The van der Waals surface area contributed by atoms with Crippen molar-refractivity contribution in [2.75, 3.05) is 6.61 Å². The van der Waals surface area contributed by atoms with E-state index in [1.807, 2.05) is 10.8 Å². The van der Waals surface area contributed by atoms with E-state index in [1.165, 1.54) is 0 Å². The van der Waals surface area contributed by atoms with Gasteiger partial charge in [0.05, 0.1) is 5.02 Å². The minimum Gasteiger partial charge on any atom is -0.396 e. The van der Waals surface area contributed by atoms with Gasteiger partial charge in [-0.05, 0) is 30.7 Å². The zero-order valence-corrected chi connectivity index (χ0v) is 13.1. The number of aliphatic hydroxyl groups is 1. The van der Waals surface area contributed by atoms with Gasteiger partial charge in [-0.15, -0.1) is 0 Å². The van der Waals surface area contributed by atoms with Crippen LogP contribution in [0.25, 0.3) is 0 Å². The van der Waals surface area contributed by atoms with Gasteiger partial charge in [-0.3, -0.25) is 4.79 Å². The molecule has 0 spiro atoms. The number of carbonyl (C=O) groups is 1. The molecule has 1 aromatic heterocycles. The number of amides is 1. The van der Waals surface area contributed by atoms with Crippen LogP contribution in [0.15, 0.2) is 12.3 Å². The predicted molar refractivity (Wildman–Crippen MR) is 80.1 cm³/mol. The molecule has 20 heavy (non-hydrogen) atoms. The summed E-state index contributed by atoms with van der Waals surface area (Å²) in [5.74, 6) is -0.114. The Labute approximate surface area is 125 Å². The van der Waals surface area contributed by atoms with Gasteiger partial charge >= 0.3 is 0 Å². The first-order valence-electron chi connectivity index (χ1n) is 7.12. The molecule has 5 heteroatoms. The van der Waals surface area contributed by atoms with E-state index in [1.54, 1.807) is 6.07 Å². The van der Waals surface area contributed by atoms with Crippen molar-refractivity contribution < 1.29 is 9.90 Å². The van der Waals surface area contributed by atoms with Crippen molar-refractivity contribution in [3.8, 4) is 0 Å². The van der Waals surface area contributed by atoms with E-state index in [0.29, 0.717) is 23.2 Å². The van der Waals surface area contributed by atoms with Gasteiger partial charge in [0.1, 0.15) is 5.69 Å². The van der Waals surface area contributed by atoms with Crippen LogP contribution in [-0.4, -0.2) is 28.2 Å². The van der Waals surface area contributed by atoms with Crippen molar-refractivity contribution >= 4 is 17.5 Å². The number of halogens is 1. The lowest BCUT2D eigenvalue weighted by atomic mass is 9.85. The lowest BCUT2D eigenvalue weighted by Gasteiger charge is -2.31. The summed E-state index contributed by atoms with van der Waals surface area (Å²) in [6.07, 6.45) is 4.58. The van der Waals surface area contributed by atoms with E-state index in [-0.39, 0.29) is 24.0 Å². The summed E-state index contributed by atoms with van der Waals surface area (Å²) >= 11 is 6.03. The molecule has 112 valence electrons. The number of nitrogens with zero attached hydrogens (tertiary/aromatic N) is 1. The van der Waals surface area contributed by atoms with Crippen molar-refractivity contribution in [1.29, 1.82) is 0 Å². The molecule has 4 nitrogen and oxygen atoms in total. The van der Waals surface area contributed by atoms with Crippen LogP contribution in [0, 0.1) is 5.41 Å². The number of rotatable bonds is 5. The summed E-state index contributed by atoms with van der Waals surface area (Å²) in [7, 11) is 0. The molecule has 0 aromatic carbocycles. The molecule has 0 bridgehead atoms. The molecule has 0 radical (unpaired) electrons. The highest BCUT2D eigenvalue weighted by atomic mass is 35.5. The highest BCUT2D eigenvalue weighted by molar-refractivity contribution is 6.31. The van der Waals surface area contributed by atoms with E-state index in [0.717, 1.165) is 12.8 Å². The Bertz CT molecular complexity index is 487. The maximum atomic E-state index is 12.5. The molecule has 1 atom stereocenters. The Balaban J connectivity index is 2.14. The maximum Gasteiger partial charge on any atom is 0.268 e. The largest absolute Gasteiger partial charge is 0.396 e. The van der Waals surface area contributed by atoms with Crippen molar-refractivity contribution in [2.24, 2.45) is 5.41 Å². The summed E-state index contributed by atoms with van der Waals surface area (Å²) in [6, 6.07) is 2.06. The molecule has 0 saturated heterocycles. The predicted octanol–water partition coefficient (Wildman–Crippen LogP) is 3.00. The minimum absolute atomic E-state index is 0.0621. The molecule has 1 aliphatic carbocycles. The first kappa shape index (κ1) is 15.4. The van der Waals surface area contributed by atoms with Crippen LogP contribution in [0.4, 0.5) is 0 Å². The zero-order valence-electron chi connectivity index (χ0n) is 12.3. The molecular weight excluding hydrogens is 276 g/mol. The SMILES string of the molecule is CC(C)(C)C(CCO)NC(=O)c1cc(Cl)cn1C1CC1. The quantitative estimate of drug-likeness (QED) is 0.878. The second-order valence-electron chi connectivity index (χ2n) is 6.59. The molecule has 1 saturated carbocycles. The number of nitrogens with one attached hydrogen (secondary N) is 1. The lowest BCUT2D eigenvalue weighted by molar-refractivity contribution is 0.0875. The summed E-state index contributed by atoms with van der Waals surface area (Å²) in [5.41, 5.74) is 0.517. The third-order valence-electron chi connectivity index (χ3n) is 3.76. The number of aliphatic hydroxyl groups excluding tert-OH is 1. The van der Waals surface area contributed by atoms with Gasteiger partial charge in [0.2, 0.25) is 0 Å². The monoisotopic (exact) mass is 298 g/mol. The van der Waals surface area contributed by atoms with Crippen LogP contribution >= 0.6 is 11.6 Å². The molecule has 0 aliphatic heterocycles. The molecule has 1 fully saturated rings. The molecule has 1 aromatic rings. The fourth-order valence-corrected chi connectivity index (χ4v) is 2.57. The second kappa shape index (κ2) is 5.78. The van der Waals surface area contributed by atoms with Crippen LogP contribution in [0.1, 0.15) is 56.6 Å². The van der Waals surface area contributed by atoms with E-state index in [4.69, 9.17) is 16.7 Å². The van der Waals surface area contributed by atoms with Crippen molar-refractivity contribution in [3.63, 3.8) is 0 Å². The summed E-state index contributed by atoms with van der Waals surface area (Å²) in [5, 5.41) is 12.8. The average Bonchev–Trinajstić information content (AvgIpc) is 3.10. The van der Waals surface area contributed by atoms with Gasteiger partial charge in [0, 0.05) is 24.9 Å². The average molecular weight is 299 g/mol. The maximum absolute atomic E-state index is 12.5. The van der Waals surface area contributed by atoms with Crippen LogP contribution in [0.3, 0.4) is 0 Å². The third kappa shape index (κ3) is 3.55. The van der Waals surface area contributed by atoms with E-state index < -0.39 is 0 Å². The zero-order chi connectivity index (χ0) is 14.9. The topological polar surface area (TPSA) is 54.3 Å². The smallest absolute Gasteiger partial charge is 0.268 e. The standard InChI is InChI=1S/C15H23ClN2O2/c1-15(2,3)13(6-7-19)17-14(20)12-8-10(16)9-18(12)11-4-5-11/h8-9,11,13,19H,4-7H2,1-3H3,(H,17,20). The van der Waals surface area contributed by atoms with Crippen molar-refractivity contribution in [3.05, 3.63) is 23.0 Å². The van der Waals surface area contributed by atoms with Gasteiger partial charge in [-0.25, -0.2) is 0 Å². The van der Waals surface area contributed by atoms with Gasteiger partial charge in [-0.2, -0.15) is 0 Å². The van der Waals surface area contributed by atoms with Crippen LogP contribution in [0.5, 0.6) is 0 Å². The minimum atomic E-state index is -0.114. The fraction of sp³-hybridized carbons (Fsp3) is 0.667. The Morgan fingerprint density at radius 2 is 2.20 bits per heavy atom. The van der Waals surface area contributed by atoms with Crippen LogP contribution in [-0.2, 0) is 0 Å². The van der Waals surface area contributed by atoms with E-state index in [9.17, 15) is 4.79 Å².